The van der Waals surface area contributed by atoms with E-state index in [9.17, 15) is 4.79 Å². The van der Waals surface area contributed by atoms with Crippen LogP contribution in [0.15, 0.2) is 4.99 Å². The number of likely N-dealkylation sites (tertiary alicyclic amines) is 1. The normalized spacial score (nSPS) is 17.3. The lowest BCUT2D eigenvalue weighted by Gasteiger charge is -2.31. The molecule has 1 amide bonds. The molecule has 154 valence electrons. The Balaban J connectivity index is 0.00000625. The number of aliphatic imine (C=N–C) groups is 1. The Morgan fingerprint density at radius 2 is 1.73 bits per heavy atom. The standard InChI is InChI=1S/C18H37N5O2.HI/c1-17(2,3)25-16(24)22-18(4,5)13-21-15(19-6)20-12-14-8-10-23(7)11-9-14;/h14H,8-13H2,1-7H3,(H,22,24)(H2,19,20,21);1H. The summed E-state index contributed by atoms with van der Waals surface area (Å²) in [4.78, 5) is 18.6. The van der Waals surface area contributed by atoms with Gasteiger partial charge in [0, 0.05) is 20.1 Å². The minimum atomic E-state index is -0.501. The van der Waals surface area contributed by atoms with Gasteiger partial charge < -0.3 is 25.6 Å². The van der Waals surface area contributed by atoms with E-state index in [-0.39, 0.29) is 24.0 Å². The van der Waals surface area contributed by atoms with Crippen LogP contribution in [-0.2, 0) is 4.74 Å². The smallest absolute Gasteiger partial charge is 0.408 e. The van der Waals surface area contributed by atoms with E-state index in [4.69, 9.17) is 4.74 Å². The molecule has 1 aliphatic rings. The number of carbonyl (C=O) groups is 1. The maximum Gasteiger partial charge on any atom is 0.408 e. The van der Waals surface area contributed by atoms with Gasteiger partial charge >= 0.3 is 6.09 Å². The van der Waals surface area contributed by atoms with Crippen LogP contribution in [0.4, 0.5) is 4.79 Å². The van der Waals surface area contributed by atoms with Crippen LogP contribution in [0, 0.1) is 5.92 Å². The topological polar surface area (TPSA) is 78.0 Å². The van der Waals surface area contributed by atoms with Crippen molar-refractivity contribution in [3.8, 4) is 0 Å². The average Bonchev–Trinajstić information content (AvgIpc) is 2.46. The molecule has 0 aliphatic carbocycles. The van der Waals surface area contributed by atoms with Gasteiger partial charge in [0.25, 0.3) is 0 Å². The van der Waals surface area contributed by atoms with Crippen LogP contribution < -0.4 is 16.0 Å². The Morgan fingerprint density at radius 3 is 2.23 bits per heavy atom. The third-order valence-electron chi connectivity index (χ3n) is 4.16. The second-order valence-electron chi connectivity index (χ2n) is 8.56. The first-order chi connectivity index (χ1) is 11.5. The van der Waals surface area contributed by atoms with Crippen LogP contribution in [-0.4, -0.2) is 68.4 Å². The predicted octanol–water partition coefficient (Wildman–Crippen LogP) is 2.41. The first-order valence-electron chi connectivity index (χ1n) is 9.15. The molecule has 1 aliphatic heterocycles. The van der Waals surface area contributed by atoms with Gasteiger partial charge in [-0.05, 0) is 73.5 Å². The summed E-state index contributed by atoms with van der Waals surface area (Å²) in [5.74, 6) is 1.45. The average molecular weight is 483 g/mol. The van der Waals surface area contributed by atoms with Crippen LogP contribution in [0.2, 0.25) is 0 Å². The number of piperidine rings is 1. The second-order valence-corrected chi connectivity index (χ2v) is 8.56. The maximum absolute atomic E-state index is 11.9. The summed E-state index contributed by atoms with van der Waals surface area (Å²) >= 11 is 0. The fraction of sp³-hybridized carbons (Fsp3) is 0.889. The molecule has 1 fully saturated rings. The zero-order chi connectivity index (χ0) is 19.1. The molecule has 0 atom stereocenters. The molecule has 0 aromatic carbocycles. The molecule has 0 saturated carbocycles. The lowest BCUT2D eigenvalue weighted by molar-refractivity contribution is 0.0474. The molecule has 1 saturated heterocycles. The zero-order valence-electron chi connectivity index (χ0n) is 17.4. The van der Waals surface area contributed by atoms with Crippen molar-refractivity contribution in [3.05, 3.63) is 0 Å². The van der Waals surface area contributed by atoms with Crippen molar-refractivity contribution in [1.82, 2.24) is 20.9 Å². The van der Waals surface area contributed by atoms with Gasteiger partial charge in [-0.25, -0.2) is 4.79 Å². The van der Waals surface area contributed by atoms with Crippen LogP contribution >= 0.6 is 24.0 Å². The van der Waals surface area contributed by atoms with Crippen molar-refractivity contribution in [2.45, 2.75) is 58.6 Å². The molecule has 3 N–H and O–H groups in total. The number of nitrogens with one attached hydrogen (secondary N) is 3. The number of amides is 1. The van der Waals surface area contributed by atoms with E-state index in [1.807, 2.05) is 34.6 Å². The molecule has 0 unspecified atom stereocenters. The summed E-state index contributed by atoms with van der Waals surface area (Å²) in [5, 5.41) is 9.57. The van der Waals surface area contributed by atoms with Crippen molar-refractivity contribution in [2.75, 3.05) is 40.3 Å². The number of alkyl carbamates (subject to hydrolysis) is 1. The molecule has 7 nitrogen and oxygen atoms in total. The number of guanidine groups is 1. The number of hydrogen-bond donors (Lipinski definition) is 3. The minimum absolute atomic E-state index is 0. The van der Waals surface area contributed by atoms with Crippen LogP contribution in [0.25, 0.3) is 0 Å². The quantitative estimate of drug-likeness (QED) is 0.318. The lowest BCUT2D eigenvalue weighted by Crippen LogP contribution is -2.54. The van der Waals surface area contributed by atoms with Gasteiger partial charge in [0.15, 0.2) is 5.96 Å². The van der Waals surface area contributed by atoms with E-state index in [0.717, 1.165) is 25.6 Å². The van der Waals surface area contributed by atoms with E-state index in [0.29, 0.717) is 12.5 Å². The molecule has 0 spiro atoms. The van der Waals surface area contributed by atoms with E-state index in [2.05, 4.69) is 32.9 Å². The highest BCUT2D eigenvalue weighted by molar-refractivity contribution is 14.0. The minimum Gasteiger partial charge on any atom is -0.444 e. The van der Waals surface area contributed by atoms with E-state index in [1.165, 1.54) is 12.8 Å². The molecule has 0 bridgehead atoms. The van der Waals surface area contributed by atoms with E-state index < -0.39 is 17.2 Å². The maximum atomic E-state index is 11.9. The molecule has 1 rings (SSSR count). The van der Waals surface area contributed by atoms with Gasteiger partial charge in [0.2, 0.25) is 0 Å². The highest BCUT2D eigenvalue weighted by atomic mass is 127. The van der Waals surface area contributed by atoms with Crippen molar-refractivity contribution >= 4 is 36.0 Å². The third-order valence-corrected chi connectivity index (χ3v) is 4.16. The molecule has 0 aromatic heterocycles. The summed E-state index contributed by atoms with van der Waals surface area (Å²) in [7, 11) is 3.93. The predicted molar refractivity (Wildman–Crippen MR) is 118 cm³/mol. The fourth-order valence-corrected chi connectivity index (χ4v) is 2.66. The molecular weight excluding hydrogens is 445 g/mol. The van der Waals surface area contributed by atoms with Crippen LogP contribution in [0.3, 0.4) is 0 Å². The Bertz CT molecular complexity index is 455. The first-order valence-corrected chi connectivity index (χ1v) is 9.15. The SMILES string of the molecule is CN=C(NCC1CCN(C)CC1)NCC(C)(C)NC(=O)OC(C)(C)C.I. The summed E-state index contributed by atoms with van der Waals surface area (Å²) in [5.41, 5.74) is -0.952. The fourth-order valence-electron chi connectivity index (χ4n) is 2.66. The summed E-state index contributed by atoms with van der Waals surface area (Å²) in [6.45, 7) is 13.3. The Kier molecular flexibility index (Phi) is 10.8. The number of ether oxygens (including phenoxy) is 1. The van der Waals surface area contributed by atoms with Crippen LogP contribution in [0.5, 0.6) is 0 Å². The van der Waals surface area contributed by atoms with Gasteiger partial charge in [0.1, 0.15) is 5.60 Å². The van der Waals surface area contributed by atoms with Crippen molar-refractivity contribution in [3.63, 3.8) is 0 Å². The van der Waals surface area contributed by atoms with Crippen molar-refractivity contribution in [2.24, 2.45) is 10.9 Å². The van der Waals surface area contributed by atoms with Gasteiger partial charge in [-0.3, -0.25) is 4.99 Å². The van der Waals surface area contributed by atoms with E-state index in [1.54, 1.807) is 7.05 Å². The highest BCUT2D eigenvalue weighted by Crippen LogP contribution is 2.14. The van der Waals surface area contributed by atoms with E-state index >= 15 is 0 Å². The molecule has 0 radical (unpaired) electrons. The molecule has 26 heavy (non-hydrogen) atoms. The number of nitrogens with zero attached hydrogens (tertiary/aromatic N) is 2. The molecule has 1 heterocycles. The van der Waals surface area contributed by atoms with Crippen molar-refractivity contribution < 1.29 is 9.53 Å². The summed E-state index contributed by atoms with van der Waals surface area (Å²) in [6.07, 6.45) is 2.02. The summed E-state index contributed by atoms with van der Waals surface area (Å²) in [6, 6.07) is 0. The van der Waals surface area contributed by atoms with Gasteiger partial charge in [-0.1, -0.05) is 0 Å². The van der Waals surface area contributed by atoms with Gasteiger partial charge in [-0.15, -0.1) is 24.0 Å². The number of hydrogen-bond acceptors (Lipinski definition) is 4. The Labute approximate surface area is 176 Å². The number of carbonyl (C=O) groups excluding carboxylic acids is 1. The lowest BCUT2D eigenvalue weighted by atomic mass is 9.97. The van der Waals surface area contributed by atoms with Gasteiger partial charge in [0.05, 0.1) is 5.54 Å². The second kappa shape index (κ2) is 11.2. The Hall–Kier alpha value is -0.770. The first kappa shape index (κ1) is 25.2. The summed E-state index contributed by atoms with van der Waals surface area (Å²) < 4.78 is 5.31. The molecule has 8 heteroatoms. The number of rotatable bonds is 5. The van der Waals surface area contributed by atoms with Crippen LogP contribution in [0.1, 0.15) is 47.5 Å². The Morgan fingerprint density at radius 1 is 1.15 bits per heavy atom. The van der Waals surface area contributed by atoms with Gasteiger partial charge in [-0.2, -0.15) is 0 Å². The number of halogens is 1. The highest BCUT2D eigenvalue weighted by Gasteiger charge is 2.25. The van der Waals surface area contributed by atoms with Crippen molar-refractivity contribution in [1.29, 1.82) is 0 Å². The zero-order valence-corrected chi connectivity index (χ0v) is 19.8. The monoisotopic (exact) mass is 483 g/mol. The molecular formula is C18H38IN5O2. The largest absolute Gasteiger partial charge is 0.444 e. The third kappa shape index (κ3) is 11.1. The molecule has 0 aromatic rings.